The van der Waals surface area contributed by atoms with Gasteiger partial charge in [-0.3, -0.25) is 4.79 Å². The number of carbonyl (C=O) groups excluding carboxylic acids is 1. The molecule has 0 radical (unpaired) electrons. The number of aryl methyl sites for hydroxylation is 2. The molecule has 5 rings (SSSR count). The van der Waals surface area contributed by atoms with Crippen LogP contribution in [0.1, 0.15) is 27.9 Å². The van der Waals surface area contributed by atoms with E-state index in [1.807, 2.05) is 12.1 Å². The molecule has 0 bridgehead atoms. The molecule has 2 fully saturated rings. The molecule has 0 unspecified atom stereocenters. The second-order valence-corrected chi connectivity index (χ2v) is 8.19. The van der Waals surface area contributed by atoms with E-state index < -0.39 is 0 Å². The van der Waals surface area contributed by atoms with Gasteiger partial charge in [-0.05, 0) is 60.7 Å². The SMILES string of the molecule is O=C(Nc1ccc(N2CCOCC2)cc1N1CCOCC1)c1ccc2c(c1)CCC2. The topological polar surface area (TPSA) is 54.0 Å². The van der Waals surface area contributed by atoms with E-state index in [2.05, 4.69) is 39.4 Å². The highest BCUT2D eigenvalue weighted by Crippen LogP contribution is 2.33. The number of nitrogens with zero attached hydrogens (tertiary/aromatic N) is 2. The minimum absolute atomic E-state index is 0.0432. The lowest BCUT2D eigenvalue weighted by Gasteiger charge is -2.33. The lowest BCUT2D eigenvalue weighted by molar-refractivity contribution is 0.102. The van der Waals surface area contributed by atoms with Gasteiger partial charge in [-0.2, -0.15) is 0 Å². The van der Waals surface area contributed by atoms with E-state index in [0.29, 0.717) is 13.2 Å². The number of ether oxygens (including phenoxy) is 2. The fourth-order valence-electron chi connectivity index (χ4n) is 4.62. The van der Waals surface area contributed by atoms with Crippen molar-refractivity contribution in [1.82, 2.24) is 0 Å². The van der Waals surface area contributed by atoms with Gasteiger partial charge in [0.2, 0.25) is 0 Å². The zero-order chi connectivity index (χ0) is 20.3. The van der Waals surface area contributed by atoms with Crippen molar-refractivity contribution in [3.05, 3.63) is 53.1 Å². The summed E-state index contributed by atoms with van der Waals surface area (Å²) in [6, 6.07) is 12.5. The number of fused-ring (bicyclic) bond motifs is 1. The summed E-state index contributed by atoms with van der Waals surface area (Å²) in [7, 11) is 0. The minimum Gasteiger partial charge on any atom is -0.378 e. The van der Waals surface area contributed by atoms with Crippen molar-refractivity contribution in [3.63, 3.8) is 0 Å². The molecule has 2 heterocycles. The highest BCUT2D eigenvalue weighted by atomic mass is 16.5. The first-order valence-corrected chi connectivity index (χ1v) is 11.0. The number of hydrogen-bond donors (Lipinski definition) is 1. The maximum Gasteiger partial charge on any atom is 0.255 e. The van der Waals surface area contributed by atoms with Crippen molar-refractivity contribution >= 4 is 23.0 Å². The number of rotatable bonds is 4. The quantitative estimate of drug-likeness (QED) is 0.844. The van der Waals surface area contributed by atoms with Crippen molar-refractivity contribution in [2.75, 3.05) is 67.7 Å². The third kappa shape index (κ3) is 4.02. The Morgan fingerprint density at radius 2 is 1.50 bits per heavy atom. The minimum atomic E-state index is -0.0432. The molecule has 0 aromatic heterocycles. The number of benzene rings is 2. The van der Waals surface area contributed by atoms with Gasteiger partial charge in [0.25, 0.3) is 5.91 Å². The molecule has 2 aromatic rings. The Labute approximate surface area is 177 Å². The van der Waals surface area contributed by atoms with E-state index in [1.165, 1.54) is 23.2 Å². The average molecular weight is 408 g/mol. The molecule has 2 aliphatic heterocycles. The van der Waals surface area contributed by atoms with Crippen molar-refractivity contribution < 1.29 is 14.3 Å². The molecule has 1 aliphatic carbocycles. The maximum atomic E-state index is 13.1. The normalized spacial score (nSPS) is 18.9. The molecular weight excluding hydrogens is 378 g/mol. The average Bonchev–Trinajstić information content (AvgIpc) is 3.28. The van der Waals surface area contributed by atoms with Crippen LogP contribution in [0.5, 0.6) is 0 Å². The Kier molecular flexibility index (Phi) is 5.60. The van der Waals surface area contributed by atoms with Gasteiger partial charge in [0, 0.05) is 37.4 Å². The van der Waals surface area contributed by atoms with Crippen molar-refractivity contribution in [2.24, 2.45) is 0 Å². The van der Waals surface area contributed by atoms with Crippen LogP contribution in [0.4, 0.5) is 17.1 Å². The first kappa shape index (κ1) is 19.4. The van der Waals surface area contributed by atoms with Gasteiger partial charge in [-0.25, -0.2) is 0 Å². The zero-order valence-corrected chi connectivity index (χ0v) is 17.4. The molecule has 6 heteroatoms. The summed E-state index contributed by atoms with van der Waals surface area (Å²) >= 11 is 0. The summed E-state index contributed by atoms with van der Waals surface area (Å²) in [4.78, 5) is 17.7. The lowest BCUT2D eigenvalue weighted by atomic mass is 10.1. The monoisotopic (exact) mass is 407 g/mol. The third-order valence-electron chi connectivity index (χ3n) is 6.32. The van der Waals surface area contributed by atoms with Gasteiger partial charge in [0.05, 0.1) is 37.8 Å². The van der Waals surface area contributed by atoms with Crippen LogP contribution < -0.4 is 15.1 Å². The second-order valence-electron chi connectivity index (χ2n) is 8.19. The molecule has 2 saturated heterocycles. The van der Waals surface area contributed by atoms with Crippen LogP contribution in [0.25, 0.3) is 0 Å². The Morgan fingerprint density at radius 3 is 2.27 bits per heavy atom. The predicted molar refractivity (Wildman–Crippen MR) is 119 cm³/mol. The molecule has 6 nitrogen and oxygen atoms in total. The van der Waals surface area contributed by atoms with E-state index in [4.69, 9.17) is 9.47 Å². The molecule has 0 saturated carbocycles. The summed E-state index contributed by atoms with van der Waals surface area (Å²) in [5, 5.41) is 3.18. The molecule has 0 spiro atoms. The Bertz CT molecular complexity index is 918. The predicted octanol–water partition coefficient (Wildman–Crippen LogP) is 3.10. The van der Waals surface area contributed by atoms with Crippen LogP contribution in [0.2, 0.25) is 0 Å². The summed E-state index contributed by atoms with van der Waals surface area (Å²) in [5.74, 6) is -0.0432. The molecule has 0 atom stereocenters. The smallest absolute Gasteiger partial charge is 0.255 e. The third-order valence-corrected chi connectivity index (χ3v) is 6.32. The van der Waals surface area contributed by atoms with Crippen LogP contribution in [0.15, 0.2) is 36.4 Å². The number of amides is 1. The summed E-state index contributed by atoms with van der Waals surface area (Å²) < 4.78 is 11.0. The first-order chi connectivity index (χ1) is 14.8. The number of hydrogen-bond acceptors (Lipinski definition) is 5. The van der Waals surface area contributed by atoms with E-state index >= 15 is 0 Å². The molecule has 1 amide bonds. The van der Waals surface area contributed by atoms with Crippen molar-refractivity contribution in [1.29, 1.82) is 0 Å². The Hall–Kier alpha value is -2.57. The van der Waals surface area contributed by atoms with Gasteiger partial charge in [0.1, 0.15) is 0 Å². The molecular formula is C24H29N3O3. The number of morpholine rings is 2. The zero-order valence-electron chi connectivity index (χ0n) is 17.4. The van der Waals surface area contributed by atoms with E-state index in [-0.39, 0.29) is 5.91 Å². The molecule has 2 aromatic carbocycles. The summed E-state index contributed by atoms with van der Waals surface area (Å²) in [5.41, 5.74) is 6.54. The van der Waals surface area contributed by atoms with Gasteiger partial charge < -0.3 is 24.6 Å². The van der Waals surface area contributed by atoms with Crippen LogP contribution in [-0.2, 0) is 22.3 Å². The Morgan fingerprint density at radius 1 is 0.800 bits per heavy atom. The summed E-state index contributed by atoms with van der Waals surface area (Å²) in [6.45, 7) is 6.36. The molecule has 3 aliphatic rings. The lowest BCUT2D eigenvalue weighted by Crippen LogP contribution is -2.38. The van der Waals surface area contributed by atoms with Gasteiger partial charge in [-0.15, -0.1) is 0 Å². The first-order valence-electron chi connectivity index (χ1n) is 11.0. The van der Waals surface area contributed by atoms with Crippen LogP contribution >= 0.6 is 0 Å². The summed E-state index contributed by atoms with van der Waals surface area (Å²) in [6.07, 6.45) is 3.38. The van der Waals surface area contributed by atoms with Crippen molar-refractivity contribution in [3.8, 4) is 0 Å². The van der Waals surface area contributed by atoms with Crippen LogP contribution in [-0.4, -0.2) is 58.5 Å². The van der Waals surface area contributed by atoms with Gasteiger partial charge in [-0.1, -0.05) is 6.07 Å². The van der Waals surface area contributed by atoms with Crippen molar-refractivity contribution in [2.45, 2.75) is 19.3 Å². The number of nitrogens with one attached hydrogen (secondary N) is 1. The van der Waals surface area contributed by atoms with Gasteiger partial charge in [0.15, 0.2) is 0 Å². The number of anilines is 3. The fraction of sp³-hybridized carbons (Fsp3) is 0.458. The molecule has 158 valence electrons. The Balaban J connectivity index is 1.41. The number of carbonyl (C=O) groups is 1. The van der Waals surface area contributed by atoms with Crippen LogP contribution in [0.3, 0.4) is 0 Å². The highest BCUT2D eigenvalue weighted by molar-refractivity contribution is 6.06. The van der Waals surface area contributed by atoms with E-state index in [1.54, 1.807) is 0 Å². The highest BCUT2D eigenvalue weighted by Gasteiger charge is 2.20. The van der Waals surface area contributed by atoms with Gasteiger partial charge >= 0.3 is 0 Å². The molecule has 30 heavy (non-hydrogen) atoms. The standard InChI is InChI=1S/C24H29N3O3/c28-24(20-5-4-18-2-1-3-19(18)16-20)25-22-7-6-21(26-8-12-29-13-9-26)17-23(22)27-10-14-30-15-11-27/h4-7,16-17H,1-3,8-15H2,(H,25,28). The van der Waals surface area contributed by atoms with Crippen LogP contribution in [0, 0.1) is 0 Å². The maximum absolute atomic E-state index is 13.1. The molecule has 1 N–H and O–H groups in total. The largest absolute Gasteiger partial charge is 0.378 e. The van der Waals surface area contributed by atoms with E-state index in [0.717, 1.165) is 69.2 Å². The van der Waals surface area contributed by atoms with E-state index in [9.17, 15) is 4.79 Å². The second kappa shape index (κ2) is 8.66. The fourth-order valence-corrected chi connectivity index (χ4v) is 4.62.